The van der Waals surface area contributed by atoms with Crippen molar-refractivity contribution in [2.24, 2.45) is 0 Å². The average Bonchev–Trinajstić information content (AvgIpc) is 2.42. The van der Waals surface area contributed by atoms with Gasteiger partial charge in [0.2, 0.25) is 0 Å². The first-order valence-electron chi connectivity index (χ1n) is 5.71. The Balaban J connectivity index is 2.38. The Hall–Kier alpha value is -2.03. The first-order chi connectivity index (χ1) is 9.42. The van der Waals surface area contributed by atoms with Crippen molar-refractivity contribution in [3.05, 3.63) is 58.6 Å². The number of sulfonamides is 1. The van der Waals surface area contributed by atoms with E-state index in [2.05, 4.69) is 4.72 Å². The fourth-order valence-electron chi connectivity index (χ4n) is 1.68. The number of rotatable bonds is 3. The fraction of sp³-hybridized carbons (Fsp3) is 0.0714. The molecule has 0 saturated heterocycles. The molecular formula is C14H11ClN2O2S. The molecule has 2 aromatic rings. The molecule has 0 unspecified atom stereocenters. The van der Waals surface area contributed by atoms with Crippen LogP contribution in [0.2, 0.25) is 5.02 Å². The van der Waals surface area contributed by atoms with Gasteiger partial charge in [0.15, 0.2) is 0 Å². The maximum absolute atomic E-state index is 12.3. The van der Waals surface area contributed by atoms with Crippen LogP contribution in [0.5, 0.6) is 0 Å². The van der Waals surface area contributed by atoms with Gasteiger partial charge in [0.25, 0.3) is 10.0 Å². The van der Waals surface area contributed by atoms with E-state index in [1.165, 1.54) is 18.2 Å². The van der Waals surface area contributed by atoms with E-state index in [1.54, 1.807) is 31.2 Å². The van der Waals surface area contributed by atoms with Crippen LogP contribution in [0.3, 0.4) is 0 Å². The number of nitrogens with one attached hydrogen (secondary N) is 1. The Kier molecular flexibility index (Phi) is 3.98. The molecule has 102 valence electrons. The van der Waals surface area contributed by atoms with Crippen LogP contribution in [0.15, 0.2) is 47.4 Å². The average molecular weight is 307 g/mol. The second kappa shape index (κ2) is 5.53. The van der Waals surface area contributed by atoms with Gasteiger partial charge in [-0.1, -0.05) is 17.7 Å². The Morgan fingerprint density at radius 2 is 1.95 bits per heavy atom. The molecule has 2 aromatic carbocycles. The number of nitriles is 1. The minimum absolute atomic E-state index is 0.0471. The van der Waals surface area contributed by atoms with Crippen molar-refractivity contribution in [3.8, 4) is 6.07 Å². The van der Waals surface area contributed by atoms with Crippen molar-refractivity contribution in [3.63, 3.8) is 0 Å². The number of halogens is 1. The highest BCUT2D eigenvalue weighted by Gasteiger charge is 2.15. The number of anilines is 1. The van der Waals surface area contributed by atoms with E-state index in [4.69, 9.17) is 16.9 Å². The summed E-state index contributed by atoms with van der Waals surface area (Å²) in [6.45, 7) is 1.76. The van der Waals surface area contributed by atoms with Crippen molar-refractivity contribution in [2.45, 2.75) is 11.8 Å². The summed E-state index contributed by atoms with van der Waals surface area (Å²) in [6.07, 6.45) is 0. The zero-order valence-corrected chi connectivity index (χ0v) is 12.2. The Morgan fingerprint density at radius 3 is 2.60 bits per heavy atom. The summed E-state index contributed by atoms with van der Waals surface area (Å²) in [5.74, 6) is 0. The summed E-state index contributed by atoms with van der Waals surface area (Å²) in [6, 6.07) is 12.6. The van der Waals surface area contributed by atoms with Gasteiger partial charge in [-0.2, -0.15) is 5.26 Å². The molecule has 0 aliphatic carbocycles. The van der Waals surface area contributed by atoms with E-state index in [9.17, 15) is 8.42 Å². The zero-order valence-electron chi connectivity index (χ0n) is 10.6. The lowest BCUT2D eigenvalue weighted by molar-refractivity contribution is 0.601. The van der Waals surface area contributed by atoms with E-state index in [1.807, 2.05) is 6.07 Å². The molecule has 0 fully saturated rings. The highest BCUT2D eigenvalue weighted by Crippen LogP contribution is 2.23. The molecule has 0 aromatic heterocycles. The number of nitrogens with zero attached hydrogens (tertiary/aromatic N) is 1. The molecule has 0 aliphatic rings. The van der Waals surface area contributed by atoms with E-state index < -0.39 is 10.0 Å². The van der Waals surface area contributed by atoms with Crippen LogP contribution in [0.4, 0.5) is 5.69 Å². The predicted octanol–water partition coefficient (Wildman–Crippen LogP) is 3.32. The summed E-state index contributed by atoms with van der Waals surface area (Å²) in [5, 5.41) is 9.35. The normalized spacial score (nSPS) is 10.8. The lowest BCUT2D eigenvalue weighted by Gasteiger charge is -2.11. The summed E-state index contributed by atoms with van der Waals surface area (Å²) >= 11 is 5.83. The number of aryl methyl sites for hydroxylation is 1. The standard InChI is InChI=1S/C14H11ClN2O2S/c1-10-7-12(15)5-6-14(10)17-20(18,19)13-4-2-3-11(8-13)9-16/h2-8,17H,1H3. The van der Waals surface area contributed by atoms with Crippen LogP contribution in [0, 0.1) is 18.3 Å². The van der Waals surface area contributed by atoms with Crippen molar-refractivity contribution >= 4 is 27.3 Å². The SMILES string of the molecule is Cc1cc(Cl)ccc1NS(=O)(=O)c1cccc(C#N)c1. The van der Waals surface area contributed by atoms with Crippen LogP contribution >= 0.6 is 11.6 Å². The van der Waals surface area contributed by atoms with Crippen LogP contribution in [0.1, 0.15) is 11.1 Å². The van der Waals surface area contributed by atoms with Gasteiger partial charge in [-0.15, -0.1) is 0 Å². The van der Waals surface area contributed by atoms with E-state index in [0.717, 1.165) is 5.56 Å². The molecule has 0 atom stereocenters. The molecule has 0 amide bonds. The highest BCUT2D eigenvalue weighted by atomic mass is 35.5. The van der Waals surface area contributed by atoms with Gasteiger partial charge in [-0.25, -0.2) is 8.42 Å². The summed E-state index contributed by atoms with van der Waals surface area (Å²) in [7, 11) is -3.73. The highest BCUT2D eigenvalue weighted by molar-refractivity contribution is 7.92. The second-order valence-corrected chi connectivity index (χ2v) is 6.32. The van der Waals surface area contributed by atoms with Crippen LogP contribution in [-0.2, 0) is 10.0 Å². The smallest absolute Gasteiger partial charge is 0.261 e. The molecule has 0 heterocycles. The van der Waals surface area contributed by atoms with E-state index in [-0.39, 0.29) is 4.90 Å². The first-order valence-corrected chi connectivity index (χ1v) is 7.57. The third kappa shape index (κ3) is 3.10. The number of benzene rings is 2. The monoisotopic (exact) mass is 306 g/mol. The van der Waals surface area contributed by atoms with Crippen LogP contribution in [0.25, 0.3) is 0 Å². The van der Waals surface area contributed by atoms with Gasteiger partial charge in [0.1, 0.15) is 0 Å². The molecule has 20 heavy (non-hydrogen) atoms. The number of hydrogen-bond acceptors (Lipinski definition) is 3. The second-order valence-electron chi connectivity index (χ2n) is 4.20. The Bertz CT molecular complexity index is 795. The molecule has 0 spiro atoms. The molecule has 0 bridgehead atoms. The summed E-state index contributed by atoms with van der Waals surface area (Å²) < 4.78 is 27.0. The largest absolute Gasteiger partial charge is 0.279 e. The van der Waals surface area contributed by atoms with Crippen molar-refractivity contribution in [1.29, 1.82) is 5.26 Å². The third-order valence-electron chi connectivity index (χ3n) is 2.71. The Morgan fingerprint density at radius 1 is 1.20 bits per heavy atom. The minimum Gasteiger partial charge on any atom is -0.279 e. The third-order valence-corrected chi connectivity index (χ3v) is 4.30. The van der Waals surface area contributed by atoms with E-state index >= 15 is 0 Å². The van der Waals surface area contributed by atoms with Crippen LogP contribution in [-0.4, -0.2) is 8.42 Å². The summed E-state index contributed by atoms with van der Waals surface area (Å²) in [5.41, 5.74) is 1.47. The first kappa shape index (κ1) is 14.4. The molecular weight excluding hydrogens is 296 g/mol. The van der Waals surface area contributed by atoms with Crippen molar-refractivity contribution in [1.82, 2.24) is 0 Å². The minimum atomic E-state index is -3.73. The van der Waals surface area contributed by atoms with Gasteiger partial charge in [-0.05, 0) is 48.9 Å². The van der Waals surface area contributed by atoms with Gasteiger partial charge in [0, 0.05) is 5.02 Å². The van der Waals surface area contributed by atoms with Gasteiger partial charge in [0.05, 0.1) is 22.2 Å². The lowest BCUT2D eigenvalue weighted by Crippen LogP contribution is -2.13. The quantitative estimate of drug-likeness (QED) is 0.945. The van der Waals surface area contributed by atoms with Gasteiger partial charge in [-0.3, -0.25) is 4.72 Å². The lowest BCUT2D eigenvalue weighted by atomic mass is 10.2. The number of hydrogen-bond donors (Lipinski definition) is 1. The molecule has 6 heteroatoms. The molecule has 0 saturated carbocycles. The summed E-state index contributed by atoms with van der Waals surface area (Å²) in [4.78, 5) is 0.0471. The molecule has 1 N–H and O–H groups in total. The molecule has 4 nitrogen and oxygen atoms in total. The maximum atomic E-state index is 12.3. The fourth-order valence-corrected chi connectivity index (χ4v) is 3.08. The molecule has 2 rings (SSSR count). The van der Waals surface area contributed by atoms with Crippen molar-refractivity contribution in [2.75, 3.05) is 4.72 Å². The zero-order chi connectivity index (χ0) is 14.8. The predicted molar refractivity (Wildman–Crippen MR) is 78.2 cm³/mol. The molecule has 0 radical (unpaired) electrons. The van der Waals surface area contributed by atoms with Crippen molar-refractivity contribution < 1.29 is 8.42 Å². The molecule has 0 aliphatic heterocycles. The van der Waals surface area contributed by atoms with Gasteiger partial charge >= 0.3 is 0 Å². The van der Waals surface area contributed by atoms with Crippen LogP contribution < -0.4 is 4.72 Å². The maximum Gasteiger partial charge on any atom is 0.261 e. The van der Waals surface area contributed by atoms with Gasteiger partial charge < -0.3 is 0 Å². The topological polar surface area (TPSA) is 70.0 Å². The van der Waals surface area contributed by atoms with E-state index in [0.29, 0.717) is 16.3 Å². The Labute approximate surface area is 122 Å².